The van der Waals surface area contributed by atoms with Gasteiger partial charge in [-0.1, -0.05) is 84.9 Å². The summed E-state index contributed by atoms with van der Waals surface area (Å²) in [4.78, 5) is 2.37. The van der Waals surface area contributed by atoms with Crippen molar-refractivity contribution in [2.75, 3.05) is 4.90 Å². The molecule has 2 nitrogen and oxygen atoms in total. The Morgan fingerprint density at radius 2 is 0.936 bits per heavy atom. The zero-order valence-electron chi connectivity index (χ0n) is 26.0. The van der Waals surface area contributed by atoms with Gasteiger partial charge >= 0.3 is 0 Å². The van der Waals surface area contributed by atoms with Gasteiger partial charge in [-0.2, -0.15) is 0 Å². The van der Waals surface area contributed by atoms with Crippen molar-refractivity contribution in [2.45, 2.75) is 6.92 Å². The Kier molecular flexibility index (Phi) is 5.53. The number of aromatic nitrogens is 1. The molecule has 0 N–H and O–H groups in total. The van der Waals surface area contributed by atoms with Crippen LogP contribution in [0.15, 0.2) is 164 Å². The van der Waals surface area contributed by atoms with E-state index in [1.165, 1.54) is 82.5 Å². The summed E-state index contributed by atoms with van der Waals surface area (Å²) in [6.07, 6.45) is 0. The first-order chi connectivity index (χ1) is 23.2. The van der Waals surface area contributed by atoms with Crippen LogP contribution in [0.3, 0.4) is 0 Å². The molecule has 0 bridgehead atoms. The van der Waals surface area contributed by atoms with Crippen LogP contribution >= 0.6 is 0 Å². The lowest BCUT2D eigenvalue weighted by Gasteiger charge is -2.28. The van der Waals surface area contributed by atoms with E-state index in [0.717, 1.165) is 11.4 Å². The van der Waals surface area contributed by atoms with Crippen molar-refractivity contribution in [1.29, 1.82) is 0 Å². The Morgan fingerprint density at radius 3 is 1.60 bits per heavy atom. The van der Waals surface area contributed by atoms with Crippen LogP contribution in [0.4, 0.5) is 17.1 Å². The smallest absolute Gasteiger partial charge is 0.0541 e. The van der Waals surface area contributed by atoms with E-state index in [0.29, 0.717) is 0 Å². The van der Waals surface area contributed by atoms with Gasteiger partial charge in [0.25, 0.3) is 0 Å². The highest BCUT2D eigenvalue weighted by atomic mass is 15.1. The SMILES string of the molecule is Cc1ccccc1N(c1ccccc1)c1ccc2cc3c(cc2c1)-c1cc2cc(-n4c5ccccc5c5ccccc54)ccc2cc1-3. The molecule has 0 radical (unpaired) electrons. The zero-order valence-corrected chi connectivity index (χ0v) is 26.0. The average Bonchev–Trinajstić information content (AvgIpc) is 3.46. The highest BCUT2D eigenvalue weighted by Crippen LogP contribution is 2.51. The zero-order chi connectivity index (χ0) is 31.1. The molecule has 0 saturated heterocycles. The molecule has 0 fully saturated rings. The molecule has 0 spiro atoms. The number of benzene rings is 8. The fourth-order valence-corrected chi connectivity index (χ4v) is 7.70. The van der Waals surface area contributed by atoms with E-state index in [2.05, 4.69) is 180 Å². The maximum atomic E-state index is 2.40. The van der Waals surface area contributed by atoms with E-state index in [9.17, 15) is 0 Å². The van der Waals surface area contributed by atoms with Crippen LogP contribution in [0.5, 0.6) is 0 Å². The molecule has 9 aromatic rings. The van der Waals surface area contributed by atoms with E-state index in [-0.39, 0.29) is 0 Å². The summed E-state index contributed by atoms with van der Waals surface area (Å²) in [5, 5.41) is 7.62. The maximum Gasteiger partial charge on any atom is 0.0541 e. The first kappa shape index (κ1) is 26.1. The average molecular weight is 599 g/mol. The topological polar surface area (TPSA) is 8.17 Å². The number of fused-ring (bicyclic) bond motifs is 9. The van der Waals surface area contributed by atoms with Crippen LogP contribution in [0.2, 0.25) is 0 Å². The standard InChI is InChI=1S/C45H30N2/c1-29-11-5-8-16-43(29)46(34-12-3-2-4-13-34)35-21-19-30-25-39-40-26-31-20-22-36(24-33(31)28-42(40)41(39)27-32(30)23-35)47-44-17-9-6-14-37(44)38-15-7-10-18-45(38)47/h2-28H,1H3. The largest absolute Gasteiger partial charge is 0.310 e. The molecule has 1 heterocycles. The Hall–Kier alpha value is -6.12. The van der Waals surface area contributed by atoms with Gasteiger partial charge in [0.15, 0.2) is 0 Å². The van der Waals surface area contributed by atoms with Crippen molar-refractivity contribution < 1.29 is 0 Å². The quantitative estimate of drug-likeness (QED) is 0.196. The second kappa shape index (κ2) is 9.94. The Bertz CT molecular complexity index is 2640. The number of nitrogens with zero attached hydrogens (tertiary/aromatic N) is 2. The minimum absolute atomic E-state index is 1.15. The number of hydrogen-bond acceptors (Lipinski definition) is 1. The molecule has 0 atom stereocenters. The van der Waals surface area contributed by atoms with Crippen molar-refractivity contribution in [1.82, 2.24) is 4.57 Å². The molecule has 0 saturated carbocycles. The second-order valence-corrected chi connectivity index (χ2v) is 12.7. The first-order valence-electron chi connectivity index (χ1n) is 16.3. The van der Waals surface area contributed by atoms with E-state index in [1.54, 1.807) is 0 Å². The maximum absolute atomic E-state index is 2.40. The van der Waals surface area contributed by atoms with Gasteiger partial charge in [0.2, 0.25) is 0 Å². The molecule has 10 rings (SSSR count). The van der Waals surface area contributed by atoms with Gasteiger partial charge in [0, 0.05) is 33.5 Å². The first-order valence-corrected chi connectivity index (χ1v) is 16.3. The van der Waals surface area contributed by atoms with Crippen molar-refractivity contribution in [2.24, 2.45) is 0 Å². The summed E-state index contributed by atoms with van der Waals surface area (Å²) >= 11 is 0. The summed E-state index contributed by atoms with van der Waals surface area (Å²) in [6, 6.07) is 60.0. The van der Waals surface area contributed by atoms with Gasteiger partial charge in [-0.25, -0.2) is 0 Å². The van der Waals surface area contributed by atoms with Gasteiger partial charge in [-0.3, -0.25) is 0 Å². The third-order valence-electron chi connectivity index (χ3n) is 9.97. The highest BCUT2D eigenvalue weighted by Gasteiger charge is 2.24. The van der Waals surface area contributed by atoms with Crippen LogP contribution in [0.1, 0.15) is 5.56 Å². The third kappa shape index (κ3) is 3.92. The molecular weight excluding hydrogens is 569 g/mol. The Labute approximate surface area is 273 Å². The molecule has 220 valence electrons. The fraction of sp³-hybridized carbons (Fsp3) is 0.0222. The van der Waals surface area contributed by atoms with Gasteiger partial charge in [-0.05, 0) is 135 Å². The van der Waals surface area contributed by atoms with Crippen LogP contribution in [0, 0.1) is 6.92 Å². The Balaban J connectivity index is 1.10. The fourth-order valence-electron chi connectivity index (χ4n) is 7.70. The number of rotatable bonds is 4. The minimum Gasteiger partial charge on any atom is -0.310 e. The van der Waals surface area contributed by atoms with Gasteiger partial charge in [0.05, 0.1) is 11.0 Å². The molecule has 1 aromatic heterocycles. The number of para-hydroxylation sites is 4. The Morgan fingerprint density at radius 1 is 0.404 bits per heavy atom. The lowest BCUT2D eigenvalue weighted by atomic mass is 9.78. The lowest BCUT2D eigenvalue weighted by Crippen LogP contribution is -2.11. The summed E-state index contributed by atoms with van der Waals surface area (Å²) in [6.45, 7) is 2.18. The molecule has 0 aliphatic heterocycles. The number of hydrogen-bond donors (Lipinski definition) is 0. The van der Waals surface area contributed by atoms with Crippen molar-refractivity contribution in [3.63, 3.8) is 0 Å². The van der Waals surface area contributed by atoms with Crippen molar-refractivity contribution in [3.8, 4) is 27.9 Å². The van der Waals surface area contributed by atoms with E-state index in [1.807, 2.05) is 0 Å². The van der Waals surface area contributed by atoms with Gasteiger partial charge < -0.3 is 9.47 Å². The predicted octanol–water partition coefficient (Wildman–Crippen LogP) is 12.5. The van der Waals surface area contributed by atoms with Gasteiger partial charge in [-0.15, -0.1) is 0 Å². The predicted molar refractivity (Wildman–Crippen MR) is 200 cm³/mol. The lowest BCUT2D eigenvalue weighted by molar-refractivity contribution is 1.19. The van der Waals surface area contributed by atoms with E-state index < -0.39 is 0 Å². The normalized spacial score (nSPS) is 11.9. The molecule has 1 aliphatic rings. The number of anilines is 3. The summed E-state index contributed by atoms with van der Waals surface area (Å²) in [5.41, 5.74) is 13.8. The summed E-state index contributed by atoms with van der Waals surface area (Å²) < 4.78 is 2.40. The van der Waals surface area contributed by atoms with Crippen molar-refractivity contribution in [3.05, 3.63) is 169 Å². The van der Waals surface area contributed by atoms with Crippen molar-refractivity contribution >= 4 is 60.4 Å². The van der Waals surface area contributed by atoms with Crippen LogP contribution < -0.4 is 4.90 Å². The molecule has 0 amide bonds. The summed E-state index contributed by atoms with van der Waals surface area (Å²) in [7, 11) is 0. The van der Waals surface area contributed by atoms with E-state index in [4.69, 9.17) is 0 Å². The highest BCUT2D eigenvalue weighted by molar-refractivity contribution is 6.13. The van der Waals surface area contributed by atoms with Crippen LogP contribution in [-0.2, 0) is 0 Å². The second-order valence-electron chi connectivity index (χ2n) is 12.7. The minimum atomic E-state index is 1.15. The molecule has 47 heavy (non-hydrogen) atoms. The third-order valence-corrected chi connectivity index (χ3v) is 9.97. The molecular formula is C45H30N2. The molecule has 2 heteroatoms. The monoisotopic (exact) mass is 598 g/mol. The van der Waals surface area contributed by atoms with Crippen LogP contribution in [-0.4, -0.2) is 4.57 Å². The number of aryl methyl sites for hydroxylation is 1. The molecule has 0 unspecified atom stereocenters. The summed E-state index contributed by atoms with van der Waals surface area (Å²) in [5.74, 6) is 0. The molecule has 1 aliphatic carbocycles. The van der Waals surface area contributed by atoms with Gasteiger partial charge in [0.1, 0.15) is 0 Å². The van der Waals surface area contributed by atoms with E-state index >= 15 is 0 Å². The molecule has 8 aromatic carbocycles. The van der Waals surface area contributed by atoms with Crippen LogP contribution in [0.25, 0.3) is 71.3 Å².